The van der Waals surface area contributed by atoms with Crippen LogP contribution < -0.4 is 10.9 Å². The number of fused-ring (bicyclic) bond motifs is 1. The van der Waals surface area contributed by atoms with Gasteiger partial charge in [0, 0.05) is 25.4 Å². The number of aryl methyl sites for hydroxylation is 1. The Balaban J connectivity index is 1.77. The van der Waals surface area contributed by atoms with Gasteiger partial charge in [0.1, 0.15) is 15.8 Å². The molecule has 2 atom stereocenters. The maximum Gasteiger partial charge on any atom is 0.267 e. The molecule has 1 N–H and O–H groups in total. The molecular weight excluding hydrogens is 432 g/mol. The lowest BCUT2D eigenvalue weighted by molar-refractivity contribution is -0.123. The van der Waals surface area contributed by atoms with Crippen molar-refractivity contribution in [3.8, 4) is 0 Å². The number of hydrogen-bond donors (Lipinski definition) is 1. The molecule has 31 heavy (non-hydrogen) atoms. The molecule has 2 fully saturated rings. The van der Waals surface area contributed by atoms with Crippen molar-refractivity contribution in [1.82, 2.24) is 14.3 Å². The van der Waals surface area contributed by atoms with E-state index in [2.05, 4.69) is 10.3 Å². The van der Waals surface area contributed by atoms with Crippen molar-refractivity contribution >= 4 is 51.7 Å². The van der Waals surface area contributed by atoms with Gasteiger partial charge in [0.25, 0.3) is 11.5 Å². The highest BCUT2D eigenvalue weighted by molar-refractivity contribution is 8.26. The molecule has 0 saturated carbocycles. The van der Waals surface area contributed by atoms with Crippen LogP contribution in [0.4, 0.5) is 5.82 Å². The van der Waals surface area contributed by atoms with Crippen LogP contribution in [0.5, 0.6) is 0 Å². The van der Waals surface area contributed by atoms with Crippen molar-refractivity contribution in [1.29, 1.82) is 0 Å². The normalized spacial score (nSPS) is 21.5. The molecule has 4 heterocycles. The molecule has 2 aromatic rings. The average molecular weight is 459 g/mol. The van der Waals surface area contributed by atoms with Crippen LogP contribution in [-0.2, 0) is 9.53 Å². The molecule has 2 aliphatic heterocycles. The zero-order valence-corrected chi connectivity index (χ0v) is 19.5. The third kappa shape index (κ3) is 4.40. The molecule has 2 saturated heterocycles. The number of pyridine rings is 1. The number of amides is 1. The van der Waals surface area contributed by atoms with Gasteiger partial charge in [-0.2, -0.15) is 0 Å². The van der Waals surface area contributed by atoms with Crippen LogP contribution >= 0.6 is 24.0 Å². The Morgan fingerprint density at radius 1 is 1.42 bits per heavy atom. The zero-order chi connectivity index (χ0) is 22.1. The number of ether oxygens (including phenoxy) is 1. The van der Waals surface area contributed by atoms with Crippen LogP contribution in [0, 0.1) is 6.92 Å². The summed E-state index contributed by atoms with van der Waals surface area (Å²) < 4.78 is 7.73. The highest BCUT2D eigenvalue weighted by Crippen LogP contribution is 2.34. The SMILES string of the molecule is CCC(C)N1C(=O)/C(=C/c2c(NCC3CCCO3)nc3ccc(C)cn3c2=O)SC1=S. The summed E-state index contributed by atoms with van der Waals surface area (Å²) in [5, 5.41) is 3.29. The van der Waals surface area contributed by atoms with Gasteiger partial charge in [0.2, 0.25) is 0 Å². The Morgan fingerprint density at radius 2 is 2.23 bits per heavy atom. The molecule has 0 aliphatic carbocycles. The molecule has 0 bridgehead atoms. The van der Waals surface area contributed by atoms with Gasteiger partial charge in [0.15, 0.2) is 0 Å². The first-order valence-corrected chi connectivity index (χ1v) is 11.8. The summed E-state index contributed by atoms with van der Waals surface area (Å²) >= 11 is 6.66. The highest BCUT2D eigenvalue weighted by Gasteiger charge is 2.35. The van der Waals surface area contributed by atoms with Crippen molar-refractivity contribution in [3.63, 3.8) is 0 Å². The topological polar surface area (TPSA) is 75.9 Å². The maximum absolute atomic E-state index is 13.4. The van der Waals surface area contributed by atoms with E-state index in [4.69, 9.17) is 17.0 Å². The third-order valence-corrected chi connectivity index (χ3v) is 6.99. The number of rotatable bonds is 6. The standard InChI is InChI=1S/C22H26N4O3S2/c1-4-14(3)26-21(28)17(31-22(26)30)10-16-19(23-11-15-6-5-9-29-15)24-18-8-7-13(2)12-25(18)20(16)27/h7-8,10,12,14-15,23H,4-6,9,11H2,1-3H3/b17-10-. The van der Waals surface area contributed by atoms with Gasteiger partial charge < -0.3 is 10.1 Å². The van der Waals surface area contributed by atoms with Crippen LogP contribution in [0.3, 0.4) is 0 Å². The second-order valence-electron chi connectivity index (χ2n) is 7.94. The Morgan fingerprint density at radius 3 is 2.94 bits per heavy atom. The minimum absolute atomic E-state index is 0.00832. The van der Waals surface area contributed by atoms with Crippen molar-refractivity contribution < 1.29 is 9.53 Å². The van der Waals surface area contributed by atoms with Crippen LogP contribution in [0.25, 0.3) is 11.7 Å². The molecule has 2 aliphatic rings. The quantitative estimate of drug-likeness (QED) is 0.524. The minimum atomic E-state index is -0.225. The first-order chi connectivity index (χ1) is 14.9. The first-order valence-electron chi connectivity index (χ1n) is 10.5. The van der Waals surface area contributed by atoms with Gasteiger partial charge in [-0.15, -0.1) is 0 Å². The molecule has 0 radical (unpaired) electrons. The summed E-state index contributed by atoms with van der Waals surface area (Å²) in [7, 11) is 0. The van der Waals surface area contributed by atoms with Gasteiger partial charge in [0.05, 0.1) is 16.6 Å². The second-order valence-corrected chi connectivity index (χ2v) is 9.61. The van der Waals surface area contributed by atoms with Gasteiger partial charge >= 0.3 is 0 Å². The molecule has 2 unspecified atom stereocenters. The van der Waals surface area contributed by atoms with E-state index in [0.717, 1.165) is 31.4 Å². The number of thioether (sulfide) groups is 1. The number of aromatic nitrogens is 2. The molecular formula is C22H26N4O3S2. The number of anilines is 1. The maximum atomic E-state index is 13.4. The predicted octanol–water partition coefficient (Wildman–Crippen LogP) is 3.59. The smallest absolute Gasteiger partial charge is 0.267 e. The minimum Gasteiger partial charge on any atom is -0.376 e. The molecule has 7 nitrogen and oxygen atoms in total. The van der Waals surface area contributed by atoms with Crippen molar-refractivity contribution in [3.05, 3.63) is 44.7 Å². The molecule has 164 valence electrons. The summed E-state index contributed by atoms with van der Waals surface area (Å²) in [6.07, 6.45) is 6.29. The van der Waals surface area contributed by atoms with Crippen LogP contribution in [0.1, 0.15) is 44.2 Å². The second kappa shape index (κ2) is 9.10. The van der Waals surface area contributed by atoms with E-state index in [0.29, 0.717) is 32.8 Å². The fraction of sp³-hybridized carbons (Fsp3) is 0.455. The lowest BCUT2D eigenvalue weighted by Crippen LogP contribution is -2.36. The van der Waals surface area contributed by atoms with Crippen molar-refractivity contribution in [2.24, 2.45) is 0 Å². The van der Waals surface area contributed by atoms with Crippen LogP contribution in [-0.4, -0.2) is 49.8 Å². The molecule has 0 aromatic carbocycles. The van der Waals surface area contributed by atoms with E-state index >= 15 is 0 Å². The number of nitrogens with one attached hydrogen (secondary N) is 1. The third-order valence-electron chi connectivity index (χ3n) is 5.66. The van der Waals surface area contributed by atoms with E-state index in [-0.39, 0.29) is 23.6 Å². The van der Waals surface area contributed by atoms with E-state index in [9.17, 15) is 9.59 Å². The molecule has 0 spiro atoms. The molecule has 1 amide bonds. The summed E-state index contributed by atoms with van der Waals surface area (Å²) in [6, 6.07) is 3.75. The lowest BCUT2D eigenvalue weighted by atomic mass is 10.2. The number of nitrogens with zero attached hydrogens (tertiary/aromatic N) is 3. The largest absolute Gasteiger partial charge is 0.376 e. The van der Waals surface area contributed by atoms with Gasteiger partial charge in [-0.1, -0.05) is 37.0 Å². The summed E-state index contributed by atoms with van der Waals surface area (Å²) in [6.45, 7) is 7.22. The molecule has 4 rings (SSSR count). The fourth-order valence-electron chi connectivity index (χ4n) is 3.71. The lowest BCUT2D eigenvalue weighted by Gasteiger charge is -2.21. The number of carbonyl (C=O) groups is 1. The Bertz CT molecular complexity index is 1120. The van der Waals surface area contributed by atoms with Crippen molar-refractivity contribution in [2.45, 2.75) is 52.2 Å². The van der Waals surface area contributed by atoms with E-state index in [1.807, 2.05) is 32.9 Å². The Kier molecular flexibility index (Phi) is 6.45. The Labute approximate surface area is 190 Å². The van der Waals surface area contributed by atoms with Crippen LogP contribution in [0.15, 0.2) is 28.0 Å². The van der Waals surface area contributed by atoms with Gasteiger partial charge in [-0.25, -0.2) is 4.98 Å². The first kappa shape index (κ1) is 22.0. The van der Waals surface area contributed by atoms with Crippen LogP contribution in [0.2, 0.25) is 0 Å². The highest BCUT2D eigenvalue weighted by atomic mass is 32.2. The summed E-state index contributed by atoms with van der Waals surface area (Å²) in [5.74, 6) is 0.293. The monoisotopic (exact) mass is 458 g/mol. The van der Waals surface area contributed by atoms with E-state index in [1.165, 1.54) is 16.2 Å². The average Bonchev–Trinajstić information content (AvgIpc) is 3.36. The fourth-order valence-corrected chi connectivity index (χ4v) is 5.16. The van der Waals surface area contributed by atoms with Gasteiger partial charge in [-0.05, 0) is 50.8 Å². The summed E-state index contributed by atoms with van der Waals surface area (Å²) in [5.41, 5.74) is 1.63. The predicted molar refractivity (Wildman–Crippen MR) is 128 cm³/mol. The molecule has 2 aromatic heterocycles. The summed E-state index contributed by atoms with van der Waals surface area (Å²) in [4.78, 5) is 33.1. The number of thiocarbonyl (C=S) groups is 1. The van der Waals surface area contributed by atoms with E-state index < -0.39 is 0 Å². The van der Waals surface area contributed by atoms with Crippen molar-refractivity contribution in [2.75, 3.05) is 18.5 Å². The number of carbonyl (C=O) groups excluding carboxylic acids is 1. The molecule has 9 heteroatoms. The van der Waals surface area contributed by atoms with E-state index in [1.54, 1.807) is 17.2 Å². The number of hydrogen-bond acceptors (Lipinski definition) is 7. The zero-order valence-electron chi connectivity index (χ0n) is 17.9. The van der Waals surface area contributed by atoms with Gasteiger partial charge in [-0.3, -0.25) is 18.9 Å². The Hall–Kier alpha value is -2.23.